The predicted octanol–water partition coefficient (Wildman–Crippen LogP) is 1.31. The Morgan fingerprint density at radius 2 is 1.28 bits per heavy atom. The highest BCUT2D eigenvalue weighted by atomic mass is 16.5. The van der Waals surface area contributed by atoms with Gasteiger partial charge in [-0.2, -0.15) is 0 Å². The van der Waals surface area contributed by atoms with Crippen LogP contribution < -0.4 is 5.32 Å². The third-order valence-corrected chi connectivity index (χ3v) is 4.28. The van der Waals surface area contributed by atoms with E-state index in [0.29, 0.717) is 32.3 Å². The molecule has 0 radical (unpaired) electrons. The Morgan fingerprint density at radius 3 is 1.84 bits per heavy atom. The van der Waals surface area contributed by atoms with Crippen molar-refractivity contribution >= 4 is 0 Å². The van der Waals surface area contributed by atoms with Crippen LogP contribution in [0.15, 0.2) is 0 Å². The van der Waals surface area contributed by atoms with Crippen molar-refractivity contribution in [3.05, 3.63) is 0 Å². The average molecular weight is 360 g/mol. The molecule has 6 nitrogen and oxygen atoms in total. The first-order valence-electron chi connectivity index (χ1n) is 10.1. The summed E-state index contributed by atoms with van der Waals surface area (Å²) in [7, 11) is 0. The summed E-state index contributed by atoms with van der Waals surface area (Å²) in [6.45, 7) is 19.8. The van der Waals surface area contributed by atoms with Crippen LogP contribution in [0.4, 0.5) is 0 Å². The fourth-order valence-corrected chi connectivity index (χ4v) is 2.82. The van der Waals surface area contributed by atoms with Gasteiger partial charge in [0.1, 0.15) is 0 Å². The molecule has 1 aliphatic rings. The van der Waals surface area contributed by atoms with Crippen LogP contribution in [0.1, 0.15) is 27.2 Å². The van der Waals surface area contributed by atoms with Crippen LogP contribution in [-0.4, -0.2) is 102 Å². The van der Waals surface area contributed by atoms with Gasteiger partial charge in [0.05, 0.1) is 39.6 Å². The van der Waals surface area contributed by atoms with Gasteiger partial charge < -0.3 is 24.4 Å². The van der Waals surface area contributed by atoms with Crippen molar-refractivity contribution in [1.29, 1.82) is 0 Å². The van der Waals surface area contributed by atoms with Gasteiger partial charge in [-0.3, -0.25) is 4.90 Å². The number of ether oxygens (including phenoxy) is 3. The molecular weight excluding hydrogens is 318 g/mol. The lowest BCUT2D eigenvalue weighted by Gasteiger charge is -2.34. The molecule has 0 aromatic rings. The van der Waals surface area contributed by atoms with E-state index in [1.54, 1.807) is 0 Å². The van der Waals surface area contributed by atoms with E-state index < -0.39 is 0 Å². The summed E-state index contributed by atoms with van der Waals surface area (Å²) in [4.78, 5) is 5.04. The lowest BCUT2D eigenvalue weighted by Crippen LogP contribution is -2.47. The smallest absolute Gasteiger partial charge is 0.0701 e. The number of nitrogens with one attached hydrogen (secondary N) is 1. The highest BCUT2D eigenvalue weighted by molar-refractivity contribution is 4.71. The van der Waals surface area contributed by atoms with E-state index in [2.05, 4.69) is 35.9 Å². The number of hydrogen-bond donors (Lipinski definition) is 1. The van der Waals surface area contributed by atoms with E-state index in [-0.39, 0.29) is 0 Å². The molecule has 1 heterocycles. The lowest BCUT2D eigenvalue weighted by molar-refractivity contribution is 0.00839. The first kappa shape index (κ1) is 22.8. The van der Waals surface area contributed by atoms with Crippen molar-refractivity contribution in [2.24, 2.45) is 5.92 Å². The van der Waals surface area contributed by atoms with Crippen LogP contribution >= 0.6 is 0 Å². The van der Waals surface area contributed by atoms with E-state index in [9.17, 15) is 0 Å². The summed E-state index contributed by atoms with van der Waals surface area (Å²) in [6.07, 6.45) is 1.25. The molecule has 1 saturated heterocycles. The number of rotatable bonds is 16. The van der Waals surface area contributed by atoms with E-state index in [0.717, 1.165) is 32.8 Å². The molecule has 0 bridgehead atoms. The van der Waals surface area contributed by atoms with Gasteiger partial charge >= 0.3 is 0 Å². The van der Waals surface area contributed by atoms with Crippen molar-refractivity contribution in [2.75, 3.05) is 92.0 Å². The van der Waals surface area contributed by atoms with E-state index >= 15 is 0 Å². The summed E-state index contributed by atoms with van der Waals surface area (Å²) in [5.74, 6) is 0.689. The molecule has 1 N–H and O–H groups in total. The second-order valence-electron chi connectivity index (χ2n) is 7.12. The van der Waals surface area contributed by atoms with Gasteiger partial charge in [0.25, 0.3) is 0 Å². The zero-order chi connectivity index (χ0) is 18.2. The Morgan fingerprint density at radius 1 is 0.760 bits per heavy atom. The Kier molecular flexibility index (Phi) is 14.6. The summed E-state index contributed by atoms with van der Waals surface area (Å²) in [5, 5.41) is 3.35. The van der Waals surface area contributed by atoms with Gasteiger partial charge in [-0.25, -0.2) is 0 Å². The average Bonchev–Trinajstić information content (AvgIpc) is 2.60. The Hall–Kier alpha value is -0.240. The van der Waals surface area contributed by atoms with Crippen LogP contribution in [-0.2, 0) is 14.2 Å². The molecule has 0 spiro atoms. The Labute approximate surface area is 155 Å². The SMILES string of the molecule is CCCN1CCN(CCOCCOCCOCCNCC(C)C)CC1. The molecule has 1 rings (SSSR count). The maximum absolute atomic E-state index is 5.66. The zero-order valence-electron chi connectivity index (χ0n) is 16.8. The predicted molar refractivity (Wildman–Crippen MR) is 103 cm³/mol. The molecule has 0 aromatic heterocycles. The summed E-state index contributed by atoms with van der Waals surface area (Å²) in [5.41, 5.74) is 0. The maximum atomic E-state index is 5.66. The first-order valence-corrected chi connectivity index (χ1v) is 10.1. The van der Waals surface area contributed by atoms with Crippen molar-refractivity contribution in [3.8, 4) is 0 Å². The highest BCUT2D eigenvalue weighted by Gasteiger charge is 2.15. The standard InChI is InChI=1S/C19H41N3O3/c1-4-6-21-7-9-22(10-8-21)11-13-24-15-17-25-16-14-23-12-5-20-18-19(2)3/h19-20H,4-18H2,1-3H3. The van der Waals surface area contributed by atoms with Gasteiger partial charge in [0.2, 0.25) is 0 Å². The quantitative estimate of drug-likeness (QED) is 0.419. The third-order valence-electron chi connectivity index (χ3n) is 4.28. The fourth-order valence-electron chi connectivity index (χ4n) is 2.82. The molecular formula is C19H41N3O3. The molecule has 0 amide bonds. The highest BCUT2D eigenvalue weighted by Crippen LogP contribution is 2.01. The fraction of sp³-hybridized carbons (Fsp3) is 1.00. The Balaban J connectivity index is 1.75. The first-order chi connectivity index (χ1) is 12.2. The minimum atomic E-state index is 0.646. The zero-order valence-corrected chi connectivity index (χ0v) is 16.8. The van der Waals surface area contributed by atoms with Gasteiger partial charge in [0.15, 0.2) is 0 Å². The van der Waals surface area contributed by atoms with Gasteiger partial charge in [-0.1, -0.05) is 20.8 Å². The summed E-state index contributed by atoms with van der Waals surface area (Å²) < 4.78 is 16.7. The lowest BCUT2D eigenvalue weighted by atomic mass is 10.2. The second kappa shape index (κ2) is 16.0. The van der Waals surface area contributed by atoms with Gasteiger partial charge in [-0.15, -0.1) is 0 Å². The largest absolute Gasteiger partial charge is 0.378 e. The molecule has 0 atom stereocenters. The van der Waals surface area contributed by atoms with E-state index in [4.69, 9.17) is 14.2 Å². The van der Waals surface area contributed by atoms with Crippen molar-refractivity contribution in [1.82, 2.24) is 15.1 Å². The molecule has 0 saturated carbocycles. The molecule has 150 valence electrons. The topological polar surface area (TPSA) is 46.2 Å². The van der Waals surface area contributed by atoms with Crippen molar-refractivity contribution < 1.29 is 14.2 Å². The normalized spacial score (nSPS) is 16.8. The molecule has 1 aliphatic heterocycles. The van der Waals surface area contributed by atoms with Crippen LogP contribution in [0.5, 0.6) is 0 Å². The molecule has 6 heteroatoms. The summed E-state index contributed by atoms with van der Waals surface area (Å²) in [6, 6.07) is 0. The van der Waals surface area contributed by atoms with Crippen molar-refractivity contribution in [3.63, 3.8) is 0 Å². The van der Waals surface area contributed by atoms with Crippen LogP contribution in [0.25, 0.3) is 0 Å². The van der Waals surface area contributed by atoms with Crippen LogP contribution in [0.2, 0.25) is 0 Å². The number of nitrogens with zero attached hydrogens (tertiary/aromatic N) is 2. The molecule has 1 fully saturated rings. The molecule has 0 unspecified atom stereocenters. The minimum absolute atomic E-state index is 0.646. The Bertz CT molecular complexity index is 285. The van der Waals surface area contributed by atoms with Crippen molar-refractivity contribution in [2.45, 2.75) is 27.2 Å². The number of piperazine rings is 1. The third kappa shape index (κ3) is 13.6. The minimum Gasteiger partial charge on any atom is -0.378 e. The van der Waals surface area contributed by atoms with Crippen LogP contribution in [0, 0.1) is 5.92 Å². The van der Waals surface area contributed by atoms with Gasteiger partial charge in [-0.05, 0) is 25.4 Å². The summed E-state index contributed by atoms with van der Waals surface area (Å²) >= 11 is 0. The maximum Gasteiger partial charge on any atom is 0.0701 e. The molecule has 25 heavy (non-hydrogen) atoms. The van der Waals surface area contributed by atoms with E-state index in [1.165, 1.54) is 39.1 Å². The number of hydrogen-bond acceptors (Lipinski definition) is 6. The van der Waals surface area contributed by atoms with E-state index in [1.807, 2.05) is 0 Å². The molecule has 0 aliphatic carbocycles. The van der Waals surface area contributed by atoms with Crippen LogP contribution in [0.3, 0.4) is 0 Å². The monoisotopic (exact) mass is 359 g/mol. The molecule has 0 aromatic carbocycles. The van der Waals surface area contributed by atoms with Gasteiger partial charge in [0, 0.05) is 39.3 Å². The second-order valence-corrected chi connectivity index (χ2v) is 7.12.